The third-order valence-corrected chi connectivity index (χ3v) is 2.36. The number of aromatic nitrogens is 2. The van der Waals surface area contributed by atoms with E-state index in [1.54, 1.807) is 19.1 Å². The summed E-state index contributed by atoms with van der Waals surface area (Å²) >= 11 is 1.36. The summed E-state index contributed by atoms with van der Waals surface area (Å²) in [6.45, 7) is 1.68. The number of aryl methyl sites for hydroxylation is 1. The highest BCUT2D eigenvalue weighted by molar-refractivity contribution is 7.12. The molecule has 2 aromatic heterocycles. The summed E-state index contributed by atoms with van der Waals surface area (Å²) in [5.74, 6) is 0.259. The number of thiophene rings is 1. The summed E-state index contributed by atoms with van der Waals surface area (Å²) < 4.78 is 4.74. The van der Waals surface area contributed by atoms with E-state index >= 15 is 0 Å². The normalized spacial score (nSPS) is 10.1. The van der Waals surface area contributed by atoms with Crippen molar-refractivity contribution in [3.8, 4) is 0 Å². The lowest BCUT2D eigenvalue weighted by Gasteiger charge is -1.94. The van der Waals surface area contributed by atoms with Gasteiger partial charge in [0.2, 0.25) is 0 Å². The van der Waals surface area contributed by atoms with Gasteiger partial charge in [-0.05, 0) is 18.4 Å². The van der Waals surface area contributed by atoms with Gasteiger partial charge in [-0.15, -0.1) is 11.3 Å². The lowest BCUT2D eigenvalue weighted by atomic mass is 10.4. The van der Waals surface area contributed by atoms with Crippen LogP contribution in [0.5, 0.6) is 0 Å². The molecule has 1 N–H and O–H groups in total. The van der Waals surface area contributed by atoms with Gasteiger partial charge in [0.1, 0.15) is 0 Å². The molecule has 1 amide bonds. The van der Waals surface area contributed by atoms with Crippen molar-refractivity contribution in [2.24, 2.45) is 0 Å². The van der Waals surface area contributed by atoms with Gasteiger partial charge in [0.05, 0.1) is 4.88 Å². The Morgan fingerprint density at radius 3 is 3.07 bits per heavy atom. The summed E-state index contributed by atoms with van der Waals surface area (Å²) in [6, 6.07) is 3.66. The quantitative estimate of drug-likeness (QED) is 0.817. The smallest absolute Gasteiger partial charge is 0.315 e. The lowest BCUT2D eigenvalue weighted by Crippen LogP contribution is -2.10. The Hall–Kier alpha value is -1.69. The molecule has 0 radical (unpaired) electrons. The minimum Gasteiger partial charge on any atom is -0.315 e. The number of carbonyl (C=O) groups excluding carboxylic acids is 1. The molecule has 0 fully saturated rings. The number of nitrogens with zero attached hydrogens (tertiary/aromatic N) is 2. The van der Waals surface area contributed by atoms with Crippen molar-refractivity contribution in [3.05, 3.63) is 28.2 Å². The highest BCUT2D eigenvalue weighted by Gasteiger charge is 2.10. The SMILES string of the molecule is Cc1noc(NC(=O)c2cccs2)n1. The van der Waals surface area contributed by atoms with Crippen molar-refractivity contribution in [1.82, 2.24) is 10.1 Å². The van der Waals surface area contributed by atoms with Crippen LogP contribution in [0.3, 0.4) is 0 Å². The Kier molecular flexibility index (Phi) is 2.28. The van der Waals surface area contributed by atoms with Gasteiger partial charge in [-0.3, -0.25) is 10.1 Å². The molecule has 5 nitrogen and oxygen atoms in total. The minimum absolute atomic E-state index is 0.126. The van der Waals surface area contributed by atoms with Crippen molar-refractivity contribution >= 4 is 23.3 Å². The fourth-order valence-electron chi connectivity index (χ4n) is 0.914. The van der Waals surface area contributed by atoms with Crippen LogP contribution in [0.25, 0.3) is 0 Å². The second-order valence-electron chi connectivity index (χ2n) is 2.58. The molecule has 6 heteroatoms. The summed E-state index contributed by atoms with van der Waals surface area (Å²) in [4.78, 5) is 15.9. The second kappa shape index (κ2) is 3.59. The van der Waals surface area contributed by atoms with E-state index in [1.165, 1.54) is 11.3 Å². The molecule has 2 aromatic rings. The van der Waals surface area contributed by atoms with Crippen molar-refractivity contribution < 1.29 is 9.32 Å². The Morgan fingerprint density at radius 2 is 2.50 bits per heavy atom. The van der Waals surface area contributed by atoms with Crippen LogP contribution < -0.4 is 5.32 Å². The monoisotopic (exact) mass is 209 g/mol. The van der Waals surface area contributed by atoms with Gasteiger partial charge in [0, 0.05) is 0 Å². The molecular formula is C8H7N3O2S. The van der Waals surface area contributed by atoms with E-state index in [-0.39, 0.29) is 11.9 Å². The number of hydrogen-bond acceptors (Lipinski definition) is 5. The molecule has 0 bridgehead atoms. The summed E-state index contributed by atoms with van der Waals surface area (Å²) in [5, 5.41) is 7.88. The zero-order chi connectivity index (χ0) is 9.97. The lowest BCUT2D eigenvalue weighted by molar-refractivity contribution is 0.102. The molecular weight excluding hydrogens is 202 g/mol. The average Bonchev–Trinajstić information content (AvgIpc) is 2.75. The molecule has 2 heterocycles. The molecule has 0 aromatic carbocycles. The molecule has 0 saturated carbocycles. The molecule has 0 saturated heterocycles. The van der Waals surface area contributed by atoms with Gasteiger partial charge in [-0.1, -0.05) is 11.2 Å². The van der Waals surface area contributed by atoms with E-state index in [1.807, 2.05) is 5.38 Å². The van der Waals surface area contributed by atoms with Gasteiger partial charge >= 0.3 is 6.01 Å². The van der Waals surface area contributed by atoms with Gasteiger partial charge in [0.15, 0.2) is 5.82 Å². The first kappa shape index (κ1) is 8.89. The number of anilines is 1. The summed E-state index contributed by atoms with van der Waals surface area (Å²) in [7, 11) is 0. The number of amides is 1. The fraction of sp³-hybridized carbons (Fsp3) is 0.125. The second-order valence-corrected chi connectivity index (χ2v) is 3.53. The number of rotatable bonds is 2. The predicted octanol–water partition coefficient (Wildman–Crippen LogP) is 1.69. The Labute approximate surface area is 83.8 Å². The molecule has 14 heavy (non-hydrogen) atoms. The van der Waals surface area contributed by atoms with Crippen LogP contribution in [-0.4, -0.2) is 16.0 Å². The zero-order valence-corrected chi connectivity index (χ0v) is 8.17. The van der Waals surface area contributed by atoms with Crippen molar-refractivity contribution in [1.29, 1.82) is 0 Å². The summed E-state index contributed by atoms with van der Waals surface area (Å²) in [6.07, 6.45) is 0. The fourth-order valence-corrected chi connectivity index (χ4v) is 1.53. The van der Waals surface area contributed by atoms with Gasteiger partial charge in [0.25, 0.3) is 5.91 Å². The highest BCUT2D eigenvalue weighted by Crippen LogP contribution is 2.11. The first-order chi connectivity index (χ1) is 6.75. The van der Waals surface area contributed by atoms with E-state index in [2.05, 4.69) is 15.5 Å². The molecule has 0 unspecified atom stereocenters. The largest absolute Gasteiger partial charge is 0.328 e. The van der Waals surface area contributed by atoms with Crippen LogP contribution >= 0.6 is 11.3 Å². The van der Waals surface area contributed by atoms with Gasteiger partial charge in [-0.25, -0.2) is 0 Å². The molecule has 0 aliphatic rings. The maximum Gasteiger partial charge on any atom is 0.328 e. The van der Waals surface area contributed by atoms with Crippen molar-refractivity contribution in [3.63, 3.8) is 0 Å². The molecule has 0 aliphatic heterocycles. The molecule has 2 rings (SSSR count). The Balaban J connectivity index is 2.09. The highest BCUT2D eigenvalue weighted by atomic mass is 32.1. The predicted molar refractivity (Wildman–Crippen MR) is 51.3 cm³/mol. The number of hydrogen-bond donors (Lipinski definition) is 1. The van der Waals surface area contributed by atoms with Crippen LogP contribution in [-0.2, 0) is 0 Å². The maximum atomic E-state index is 11.5. The van der Waals surface area contributed by atoms with Gasteiger partial charge in [-0.2, -0.15) is 4.98 Å². The van der Waals surface area contributed by atoms with Crippen LogP contribution in [0.2, 0.25) is 0 Å². The van der Waals surface area contributed by atoms with Crippen LogP contribution in [0.1, 0.15) is 15.5 Å². The standard InChI is InChI=1S/C8H7N3O2S/c1-5-9-8(13-11-5)10-7(12)6-3-2-4-14-6/h2-4H,1H3,(H,9,10,11,12). The van der Waals surface area contributed by atoms with Gasteiger partial charge < -0.3 is 4.52 Å². The Bertz CT molecular complexity index is 435. The van der Waals surface area contributed by atoms with E-state index in [9.17, 15) is 4.79 Å². The molecule has 0 aliphatic carbocycles. The zero-order valence-electron chi connectivity index (χ0n) is 7.35. The molecule has 0 spiro atoms. The van der Waals surface area contributed by atoms with Crippen LogP contribution in [0.4, 0.5) is 6.01 Å². The van der Waals surface area contributed by atoms with Crippen molar-refractivity contribution in [2.45, 2.75) is 6.92 Å². The first-order valence-corrected chi connectivity index (χ1v) is 4.79. The van der Waals surface area contributed by atoms with E-state index in [0.29, 0.717) is 10.7 Å². The minimum atomic E-state index is -0.233. The van der Waals surface area contributed by atoms with E-state index in [4.69, 9.17) is 4.52 Å². The number of carbonyl (C=O) groups is 1. The summed E-state index contributed by atoms with van der Waals surface area (Å²) in [5.41, 5.74) is 0. The van der Waals surface area contributed by atoms with Crippen LogP contribution in [0.15, 0.2) is 22.0 Å². The first-order valence-electron chi connectivity index (χ1n) is 3.91. The van der Waals surface area contributed by atoms with E-state index < -0.39 is 0 Å². The topological polar surface area (TPSA) is 68.0 Å². The van der Waals surface area contributed by atoms with E-state index in [0.717, 1.165) is 0 Å². The van der Waals surface area contributed by atoms with Crippen molar-refractivity contribution in [2.75, 3.05) is 5.32 Å². The Morgan fingerprint density at radius 1 is 1.64 bits per heavy atom. The third-order valence-electron chi connectivity index (χ3n) is 1.49. The van der Waals surface area contributed by atoms with Crippen LogP contribution in [0, 0.1) is 6.92 Å². The third kappa shape index (κ3) is 1.80. The molecule has 0 atom stereocenters. The number of nitrogens with one attached hydrogen (secondary N) is 1. The maximum absolute atomic E-state index is 11.5. The molecule has 72 valence electrons. The average molecular weight is 209 g/mol.